The summed E-state index contributed by atoms with van der Waals surface area (Å²) in [7, 11) is 0. The zero-order valence-electron chi connectivity index (χ0n) is 16.0. The first-order valence-corrected chi connectivity index (χ1v) is 10.3. The van der Waals surface area contributed by atoms with E-state index in [9.17, 15) is 23.1 Å². The van der Waals surface area contributed by atoms with E-state index in [-0.39, 0.29) is 16.4 Å². The maximum absolute atomic E-state index is 13.9. The number of nitrogens with one attached hydrogen (secondary N) is 1. The van der Waals surface area contributed by atoms with Crippen LogP contribution in [-0.4, -0.2) is 33.5 Å². The van der Waals surface area contributed by atoms with E-state index in [1.165, 1.54) is 11.8 Å². The average Bonchev–Trinajstić information content (AvgIpc) is 3.26. The number of carbonyl (C=O) groups is 1. The summed E-state index contributed by atoms with van der Waals surface area (Å²) in [5.74, 6) is -1.27. The summed E-state index contributed by atoms with van der Waals surface area (Å²) < 4.78 is 41.8. The number of thioether (sulfide) groups is 1. The minimum absolute atomic E-state index is 0.0472. The van der Waals surface area contributed by atoms with Crippen molar-refractivity contribution in [3.8, 4) is 28.1 Å². The Morgan fingerprint density at radius 3 is 2.16 bits per heavy atom. The molecule has 0 bridgehead atoms. The van der Waals surface area contributed by atoms with E-state index < -0.39 is 29.1 Å². The lowest BCUT2D eigenvalue weighted by atomic mass is 9.94. The Morgan fingerprint density at radius 2 is 1.61 bits per heavy atom. The van der Waals surface area contributed by atoms with E-state index in [2.05, 4.69) is 15.3 Å². The van der Waals surface area contributed by atoms with Crippen LogP contribution in [0.15, 0.2) is 65.7 Å². The number of amidine groups is 1. The highest BCUT2D eigenvalue weighted by molar-refractivity contribution is 8.14. The van der Waals surface area contributed by atoms with Crippen molar-refractivity contribution in [1.82, 2.24) is 10.3 Å². The van der Waals surface area contributed by atoms with Gasteiger partial charge < -0.3 is 10.4 Å². The zero-order chi connectivity index (χ0) is 22.0. The maximum Gasteiger partial charge on any atom is 0.434 e. The molecule has 1 aliphatic heterocycles. The van der Waals surface area contributed by atoms with Gasteiger partial charge in [-0.25, -0.2) is 4.98 Å². The Kier molecular flexibility index (Phi) is 5.69. The number of hydrogen-bond donors (Lipinski definition) is 2. The lowest BCUT2D eigenvalue weighted by Crippen LogP contribution is -2.30. The molecule has 2 aromatic carbocycles. The van der Waals surface area contributed by atoms with Gasteiger partial charge in [0.2, 0.25) is 0 Å². The second-order valence-corrected chi connectivity index (χ2v) is 7.71. The molecule has 1 amide bonds. The molecular formula is C22H16F3N3O2S. The van der Waals surface area contributed by atoms with E-state index in [1.54, 1.807) is 60.7 Å². The molecule has 1 aromatic heterocycles. The highest BCUT2D eigenvalue weighted by Gasteiger charge is 2.41. The molecule has 0 atom stereocenters. The number of aliphatic imine (C=N–C) groups is 1. The fourth-order valence-electron chi connectivity index (χ4n) is 3.25. The van der Waals surface area contributed by atoms with Gasteiger partial charge >= 0.3 is 6.18 Å². The lowest BCUT2D eigenvalue weighted by Gasteiger charge is -2.19. The van der Waals surface area contributed by atoms with Crippen molar-refractivity contribution in [2.75, 3.05) is 12.3 Å². The van der Waals surface area contributed by atoms with Gasteiger partial charge in [-0.2, -0.15) is 13.2 Å². The SMILES string of the molecule is O=C(NC1=NCCS1)c1c(C(F)(F)F)nc(-c2ccccc2)c(-c2ccccc2)c1O. The highest BCUT2D eigenvalue weighted by atomic mass is 32.2. The average molecular weight is 443 g/mol. The van der Waals surface area contributed by atoms with Gasteiger partial charge in [0.05, 0.1) is 17.8 Å². The molecule has 1 aliphatic rings. The van der Waals surface area contributed by atoms with Crippen molar-refractivity contribution >= 4 is 22.8 Å². The smallest absolute Gasteiger partial charge is 0.434 e. The van der Waals surface area contributed by atoms with Crippen molar-refractivity contribution in [2.24, 2.45) is 4.99 Å². The number of aromatic nitrogens is 1. The van der Waals surface area contributed by atoms with Crippen LogP contribution in [0.4, 0.5) is 13.2 Å². The quantitative estimate of drug-likeness (QED) is 0.599. The first-order chi connectivity index (χ1) is 14.9. The summed E-state index contributed by atoms with van der Waals surface area (Å²) in [4.78, 5) is 20.7. The number of carbonyl (C=O) groups excluding carboxylic acids is 1. The van der Waals surface area contributed by atoms with Crippen LogP contribution in [0.2, 0.25) is 0 Å². The van der Waals surface area contributed by atoms with Crippen molar-refractivity contribution in [3.05, 3.63) is 71.9 Å². The summed E-state index contributed by atoms with van der Waals surface area (Å²) in [6, 6.07) is 16.6. The molecule has 158 valence electrons. The number of alkyl halides is 3. The largest absolute Gasteiger partial charge is 0.506 e. The van der Waals surface area contributed by atoms with Gasteiger partial charge in [0, 0.05) is 11.3 Å². The van der Waals surface area contributed by atoms with Gasteiger partial charge in [0.15, 0.2) is 10.9 Å². The summed E-state index contributed by atoms with van der Waals surface area (Å²) in [6.07, 6.45) is -4.96. The minimum Gasteiger partial charge on any atom is -0.506 e. The molecule has 0 saturated heterocycles. The molecule has 0 spiro atoms. The van der Waals surface area contributed by atoms with E-state index in [4.69, 9.17) is 0 Å². The molecule has 5 nitrogen and oxygen atoms in total. The lowest BCUT2D eigenvalue weighted by molar-refractivity contribution is -0.141. The number of nitrogens with zero attached hydrogens (tertiary/aromatic N) is 2. The van der Waals surface area contributed by atoms with Gasteiger partial charge in [-0.15, -0.1) is 0 Å². The molecule has 9 heteroatoms. The van der Waals surface area contributed by atoms with Crippen molar-refractivity contribution in [2.45, 2.75) is 6.18 Å². The number of hydrogen-bond acceptors (Lipinski definition) is 5. The van der Waals surface area contributed by atoms with Crippen LogP contribution in [0.5, 0.6) is 5.75 Å². The second kappa shape index (κ2) is 8.43. The minimum atomic E-state index is -4.96. The Morgan fingerprint density at radius 1 is 1.00 bits per heavy atom. The van der Waals surface area contributed by atoms with Crippen LogP contribution >= 0.6 is 11.8 Å². The number of amides is 1. The molecule has 0 aliphatic carbocycles. The van der Waals surface area contributed by atoms with Crippen LogP contribution in [0.3, 0.4) is 0 Å². The molecule has 2 N–H and O–H groups in total. The number of benzene rings is 2. The molecule has 2 heterocycles. The zero-order valence-corrected chi connectivity index (χ0v) is 16.8. The van der Waals surface area contributed by atoms with Gasteiger partial charge in [0.25, 0.3) is 5.91 Å². The van der Waals surface area contributed by atoms with Crippen molar-refractivity contribution in [1.29, 1.82) is 0 Å². The van der Waals surface area contributed by atoms with Crippen LogP contribution in [0.1, 0.15) is 16.1 Å². The molecule has 0 radical (unpaired) electrons. The first kappa shape index (κ1) is 20.9. The predicted molar refractivity (Wildman–Crippen MR) is 114 cm³/mol. The van der Waals surface area contributed by atoms with Crippen molar-refractivity contribution < 1.29 is 23.1 Å². The topological polar surface area (TPSA) is 74.6 Å². The maximum atomic E-state index is 13.9. The van der Waals surface area contributed by atoms with E-state index in [0.717, 1.165) is 0 Å². The molecule has 0 saturated carbocycles. The number of aromatic hydroxyl groups is 1. The summed E-state index contributed by atoms with van der Waals surface area (Å²) in [5, 5.41) is 13.6. The molecule has 4 rings (SSSR count). The number of rotatable bonds is 3. The van der Waals surface area contributed by atoms with Crippen molar-refractivity contribution in [3.63, 3.8) is 0 Å². The molecule has 31 heavy (non-hydrogen) atoms. The van der Waals surface area contributed by atoms with E-state index in [0.29, 0.717) is 23.4 Å². The van der Waals surface area contributed by atoms with Gasteiger partial charge in [-0.3, -0.25) is 9.79 Å². The second-order valence-electron chi connectivity index (χ2n) is 6.63. The van der Waals surface area contributed by atoms with Crippen LogP contribution in [-0.2, 0) is 6.18 Å². The van der Waals surface area contributed by atoms with Gasteiger partial charge in [-0.1, -0.05) is 72.4 Å². The first-order valence-electron chi connectivity index (χ1n) is 9.30. The fraction of sp³-hybridized carbons (Fsp3) is 0.136. The number of pyridine rings is 1. The molecule has 0 unspecified atom stereocenters. The Hall–Kier alpha value is -3.33. The van der Waals surface area contributed by atoms with Gasteiger partial charge in [0.1, 0.15) is 11.3 Å². The standard InChI is InChI=1S/C22H16F3N3O2S/c23-22(24,25)19-16(20(30)28-21-26-11-12-31-21)18(29)15(13-7-3-1-4-8-13)17(27-19)14-9-5-2-6-10-14/h1-10H,11-12H2,(H,27,29)(H,26,28,30). The van der Waals surface area contributed by atoms with Crippen LogP contribution < -0.4 is 5.32 Å². The number of halogens is 3. The van der Waals surface area contributed by atoms with Crippen LogP contribution in [0, 0.1) is 0 Å². The summed E-state index contributed by atoms with van der Waals surface area (Å²) >= 11 is 1.22. The Balaban J connectivity index is 1.99. The summed E-state index contributed by atoms with van der Waals surface area (Å²) in [6.45, 7) is 0.457. The molecule has 3 aromatic rings. The normalized spacial score (nSPS) is 13.7. The van der Waals surface area contributed by atoms with Crippen LogP contribution in [0.25, 0.3) is 22.4 Å². The highest BCUT2D eigenvalue weighted by Crippen LogP contribution is 2.44. The monoisotopic (exact) mass is 443 g/mol. The summed E-state index contributed by atoms with van der Waals surface area (Å²) in [5.41, 5.74) is -1.59. The Labute approximate surface area is 180 Å². The predicted octanol–water partition coefficient (Wildman–Crippen LogP) is 4.97. The van der Waals surface area contributed by atoms with E-state index in [1.807, 2.05) is 0 Å². The van der Waals surface area contributed by atoms with E-state index >= 15 is 0 Å². The third-order valence-corrected chi connectivity index (χ3v) is 5.47. The third kappa shape index (κ3) is 4.27. The third-order valence-electron chi connectivity index (χ3n) is 4.58. The molecular weight excluding hydrogens is 427 g/mol. The van der Waals surface area contributed by atoms with Gasteiger partial charge in [-0.05, 0) is 5.56 Å². The fourth-order valence-corrected chi connectivity index (χ4v) is 3.97. The molecule has 0 fully saturated rings. The Bertz CT molecular complexity index is 1150.